The second kappa shape index (κ2) is 7.43. The highest BCUT2D eigenvalue weighted by atomic mass is 16.5. The van der Waals surface area contributed by atoms with Crippen LogP contribution in [0.4, 0.5) is 0 Å². The molecule has 0 heterocycles. The van der Waals surface area contributed by atoms with E-state index in [1.807, 2.05) is 0 Å². The van der Waals surface area contributed by atoms with Crippen molar-refractivity contribution in [2.75, 3.05) is 27.3 Å². The van der Waals surface area contributed by atoms with Gasteiger partial charge in [-0.3, -0.25) is 11.3 Å². The number of likely N-dealkylation sites (N-methyl/N-ethyl adjacent to an activating group) is 1. The van der Waals surface area contributed by atoms with Crippen molar-refractivity contribution in [3.63, 3.8) is 0 Å². The molecule has 0 aromatic heterocycles. The van der Waals surface area contributed by atoms with Crippen LogP contribution in [0.3, 0.4) is 0 Å². The molecule has 1 unspecified atom stereocenters. The van der Waals surface area contributed by atoms with Crippen molar-refractivity contribution in [2.45, 2.75) is 57.5 Å². The minimum absolute atomic E-state index is 0.148. The Morgan fingerprint density at radius 3 is 2.44 bits per heavy atom. The zero-order valence-electron chi connectivity index (χ0n) is 12.5. The van der Waals surface area contributed by atoms with Crippen LogP contribution < -0.4 is 11.3 Å². The average molecular weight is 257 g/mol. The first-order chi connectivity index (χ1) is 8.56. The fourth-order valence-electron chi connectivity index (χ4n) is 3.07. The lowest BCUT2D eigenvalue weighted by molar-refractivity contribution is -0.000154. The Bertz CT molecular complexity index is 225. The topological polar surface area (TPSA) is 50.5 Å². The van der Waals surface area contributed by atoms with Crippen molar-refractivity contribution >= 4 is 0 Å². The summed E-state index contributed by atoms with van der Waals surface area (Å²) in [4.78, 5) is 2.35. The van der Waals surface area contributed by atoms with Crippen LogP contribution in [0.1, 0.15) is 46.0 Å². The Kier molecular flexibility index (Phi) is 6.57. The third-order valence-electron chi connectivity index (χ3n) is 4.51. The lowest BCUT2D eigenvalue weighted by atomic mass is 9.72. The van der Waals surface area contributed by atoms with Crippen LogP contribution in [-0.4, -0.2) is 43.8 Å². The van der Waals surface area contributed by atoms with Crippen LogP contribution >= 0.6 is 0 Å². The minimum Gasteiger partial charge on any atom is -0.380 e. The predicted molar refractivity (Wildman–Crippen MR) is 76.3 cm³/mol. The number of nitrogens with two attached hydrogens (primary N) is 1. The maximum atomic E-state index is 5.79. The first-order valence-electron chi connectivity index (χ1n) is 7.28. The molecule has 1 fully saturated rings. The molecule has 0 amide bonds. The summed E-state index contributed by atoms with van der Waals surface area (Å²) in [7, 11) is 4.33. The molecule has 1 aliphatic carbocycles. The molecule has 108 valence electrons. The summed E-state index contributed by atoms with van der Waals surface area (Å²) in [6, 6.07) is 0.214. The highest BCUT2D eigenvalue weighted by molar-refractivity contribution is 5.00. The van der Waals surface area contributed by atoms with E-state index >= 15 is 0 Å². The zero-order chi connectivity index (χ0) is 13.6. The number of ether oxygens (including phenoxy) is 1. The SMILES string of the molecule is CCCOCC(NN)C1(N(C)C)CCC(C)CC1. The number of hydrogen-bond donors (Lipinski definition) is 2. The molecule has 1 aliphatic rings. The van der Waals surface area contributed by atoms with Gasteiger partial charge in [-0.1, -0.05) is 13.8 Å². The van der Waals surface area contributed by atoms with Crippen LogP contribution in [-0.2, 0) is 4.74 Å². The first kappa shape index (κ1) is 15.9. The third kappa shape index (κ3) is 3.67. The van der Waals surface area contributed by atoms with Crippen molar-refractivity contribution in [3.05, 3.63) is 0 Å². The molecule has 1 atom stereocenters. The van der Waals surface area contributed by atoms with Crippen molar-refractivity contribution in [3.8, 4) is 0 Å². The van der Waals surface area contributed by atoms with E-state index in [0.29, 0.717) is 6.61 Å². The predicted octanol–water partition coefficient (Wildman–Crippen LogP) is 1.76. The van der Waals surface area contributed by atoms with Crippen LogP contribution in [0.2, 0.25) is 0 Å². The number of nitrogens with one attached hydrogen (secondary N) is 1. The smallest absolute Gasteiger partial charge is 0.0651 e. The maximum Gasteiger partial charge on any atom is 0.0651 e. The Balaban J connectivity index is 2.68. The third-order valence-corrected chi connectivity index (χ3v) is 4.51. The van der Waals surface area contributed by atoms with Crippen LogP contribution in [0, 0.1) is 5.92 Å². The summed E-state index contributed by atoms with van der Waals surface area (Å²) in [6.45, 7) is 6.00. The molecule has 0 aliphatic heterocycles. The van der Waals surface area contributed by atoms with Crippen molar-refractivity contribution in [1.82, 2.24) is 10.3 Å². The number of hydrogen-bond acceptors (Lipinski definition) is 4. The van der Waals surface area contributed by atoms with E-state index in [1.165, 1.54) is 25.7 Å². The molecule has 0 aromatic carbocycles. The fourth-order valence-corrected chi connectivity index (χ4v) is 3.07. The van der Waals surface area contributed by atoms with E-state index in [0.717, 1.165) is 18.9 Å². The molecule has 0 bridgehead atoms. The van der Waals surface area contributed by atoms with Gasteiger partial charge in [-0.2, -0.15) is 0 Å². The minimum atomic E-state index is 0.148. The molecule has 0 aromatic rings. The highest BCUT2D eigenvalue weighted by Crippen LogP contribution is 2.37. The molecular formula is C14H31N3O. The van der Waals surface area contributed by atoms with Gasteiger partial charge in [0.15, 0.2) is 0 Å². The van der Waals surface area contributed by atoms with E-state index in [4.69, 9.17) is 10.6 Å². The largest absolute Gasteiger partial charge is 0.380 e. The van der Waals surface area contributed by atoms with E-state index in [2.05, 4.69) is 38.3 Å². The van der Waals surface area contributed by atoms with E-state index in [1.54, 1.807) is 0 Å². The number of rotatable bonds is 7. The van der Waals surface area contributed by atoms with E-state index in [9.17, 15) is 0 Å². The van der Waals surface area contributed by atoms with Crippen molar-refractivity contribution in [1.29, 1.82) is 0 Å². The van der Waals surface area contributed by atoms with Crippen LogP contribution in [0.5, 0.6) is 0 Å². The highest BCUT2D eigenvalue weighted by Gasteiger charge is 2.42. The van der Waals surface area contributed by atoms with Gasteiger partial charge >= 0.3 is 0 Å². The summed E-state index contributed by atoms with van der Waals surface area (Å²) in [5.41, 5.74) is 3.15. The molecular weight excluding hydrogens is 226 g/mol. The maximum absolute atomic E-state index is 5.79. The molecule has 0 saturated heterocycles. The molecule has 0 spiro atoms. The Labute approximate surface area is 112 Å². The summed E-state index contributed by atoms with van der Waals surface area (Å²) < 4.78 is 5.72. The fraction of sp³-hybridized carbons (Fsp3) is 1.00. The van der Waals surface area contributed by atoms with Crippen molar-refractivity contribution < 1.29 is 4.74 Å². The van der Waals surface area contributed by atoms with Gasteiger partial charge < -0.3 is 9.64 Å². The number of hydrazine groups is 1. The molecule has 3 N–H and O–H groups in total. The molecule has 0 radical (unpaired) electrons. The van der Waals surface area contributed by atoms with Gasteiger partial charge in [0.1, 0.15) is 0 Å². The van der Waals surface area contributed by atoms with Gasteiger partial charge in [-0.25, -0.2) is 0 Å². The Morgan fingerprint density at radius 1 is 1.39 bits per heavy atom. The van der Waals surface area contributed by atoms with Gasteiger partial charge in [0.05, 0.1) is 12.6 Å². The molecule has 1 rings (SSSR count). The van der Waals surface area contributed by atoms with Gasteiger partial charge in [0.2, 0.25) is 0 Å². The lowest BCUT2D eigenvalue weighted by Crippen LogP contribution is -2.63. The van der Waals surface area contributed by atoms with Gasteiger partial charge in [-0.15, -0.1) is 0 Å². The second-order valence-electron chi connectivity index (χ2n) is 5.97. The monoisotopic (exact) mass is 257 g/mol. The summed E-state index contributed by atoms with van der Waals surface area (Å²) in [5.74, 6) is 6.63. The van der Waals surface area contributed by atoms with Gasteiger partial charge in [0, 0.05) is 12.1 Å². The Morgan fingerprint density at radius 2 is 2.00 bits per heavy atom. The summed E-state index contributed by atoms with van der Waals surface area (Å²) >= 11 is 0. The number of nitrogens with zero attached hydrogens (tertiary/aromatic N) is 1. The molecule has 4 nitrogen and oxygen atoms in total. The normalized spacial score (nSPS) is 30.7. The standard InChI is InChI=1S/C14H31N3O/c1-5-10-18-11-13(16-15)14(17(3)4)8-6-12(2)7-9-14/h12-13,16H,5-11,15H2,1-4H3. The first-order valence-corrected chi connectivity index (χ1v) is 7.28. The molecule has 18 heavy (non-hydrogen) atoms. The molecule has 4 heteroatoms. The quantitative estimate of drug-likeness (QED) is 0.414. The second-order valence-corrected chi connectivity index (χ2v) is 5.97. The van der Waals surface area contributed by atoms with Crippen LogP contribution in [0.25, 0.3) is 0 Å². The van der Waals surface area contributed by atoms with Crippen LogP contribution in [0.15, 0.2) is 0 Å². The van der Waals surface area contributed by atoms with E-state index in [-0.39, 0.29) is 11.6 Å². The molecule has 1 saturated carbocycles. The van der Waals surface area contributed by atoms with Crippen molar-refractivity contribution in [2.24, 2.45) is 11.8 Å². The van der Waals surface area contributed by atoms with E-state index < -0.39 is 0 Å². The summed E-state index contributed by atoms with van der Waals surface area (Å²) in [6.07, 6.45) is 6.02. The average Bonchev–Trinajstić information content (AvgIpc) is 2.36. The lowest BCUT2D eigenvalue weighted by Gasteiger charge is -2.49. The van der Waals surface area contributed by atoms with Gasteiger partial charge in [0.25, 0.3) is 0 Å². The zero-order valence-corrected chi connectivity index (χ0v) is 12.5. The van der Waals surface area contributed by atoms with Gasteiger partial charge in [-0.05, 0) is 52.1 Å². The summed E-state index contributed by atoms with van der Waals surface area (Å²) in [5, 5.41) is 0. The Hall–Kier alpha value is -0.160.